The van der Waals surface area contributed by atoms with E-state index in [0.29, 0.717) is 18.2 Å². The maximum atomic E-state index is 10.9. The van der Waals surface area contributed by atoms with Crippen LogP contribution in [0.2, 0.25) is 0 Å². The molecule has 92 valence electrons. The van der Waals surface area contributed by atoms with Gasteiger partial charge < -0.3 is 15.2 Å². The Morgan fingerprint density at radius 1 is 1.38 bits per heavy atom. The fourth-order valence-electron chi connectivity index (χ4n) is 2.78. The second kappa shape index (κ2) is 5.15. The van der Waals surface area contributed by atoms with Crippen LogP contribution in [-0.2, 0) is 9.53 Å². The molecule has 2 aliphatic rings. The third-order valence-corrected chi connectivity index (χ3v) is 3.65. The summed E-state index contributed by atoms with van der Waals surface area (Å²) < 4.78 is 5.77. The zero-order valence-corrected chi connectivity index (χ0v) is 9.82. The van der Waals surface area contributed by atoms with Gasteiger partial charge >= 0.3 is 5.97 Å². The second-order valence-electron chi connectivity index (χ2n) is 5.07. The molecule has 2 aliphatic heterocycles. The van der Waals surface area contributed by atoms with E-state index in [-0.39, 0.29) is 6.04 Å². The Morgan fingerprint density at radius 2 is 2.19 bits per heavy atom. The molecule has 2 fully saturated rings. The normalized spacial score (nSPS) is 39.8. The van der Waals surface area contributed by atoms with Gasteiger partial charge in [-0.1, -0.05) is 0 Å². The van der Waals surface area contributed by atoms with Crippen LogP contribution >= 0.6 is 0 Å². The summed E-state index contributed by atoms with van der Waals surface area (Å²) in [4.78, 5) is 10.9. The van der Waals surface area contributed by atoms with Gasteiger partial charge in [0.2, 0.25) is 0 Å². The van der Waals surface area contributed by atoms with E-state index in [2.05, 4.69) is 12.2 Å². The first kappa shape index (κ1) is 11.9. The van der Waals surface area contributed by atoms with Crippen LogP contribution in [0.3, 0.4) is 0 Å². The first-order chi connectivity index (χ1) is 7.65. The molecule has 16 heavy (non-hydrogen) atoms. The van der Waals surface area contributed by atoms with Crippen molar-refractivity contribution >= 4 is 5.97 Å². The van der Waals surface area contributed by atoms with Crippen molar-refractivity contribution in [2.24, 2.45) is 0 Å². The molecule has 2 N–H and O–H groups in total. The van der Waals surface area contributed by atoms with E-state index in [4.69, 9.17) is 9.84 Å². The summed E-state index contributed by atoms with van der Waals surface area (Å²) in [6.45, 7) is 2.11. The van der Waals surface area contributed by atoms with Gasteiger partial charge in [0, 0.05) is 6.04 Å². The van der Waals surface area contributed by atoms with Crippen LogP contribution in [0.4, 0.5) is 0 Å². The summed E-state index contributed by atoms with van der Waals surface area (Å²) in [6.07, 6.45) is 6.79. The third-order valence-electron chi connectivity index (χ3n) is 3.65. The van der Waals surface area contributed by atoms with Crippen molar-refractivity contribution in [2.45, 2.75) is 69.7 Å². The van der Waals surface area contributed by atoms with Gasteiger partial charge in [0.25, 0.3) is 0 Å². The fourth-order valence-corrected chi connectivity index (χ4v) is 2.78. The van der Waals surface area contributed by atoms with Crippen LogP contribution < -0.4 is 5.32 Å². The van der Waals surface area contributed by atoms with Crippen molar-refractivity contribution in [3.8, 4) is 0 Å². The largest absolute Gasteiger partial charge is 0.480 e. The number of hydrogen-bond acceptors (Lipinski definition) is 3. The van der Waals surface area contributed by atoms with Crippen LogP contribution in [0.15, 0.2) is 0 Å². The Kier molecular flexibility index (Phi) is 3.82. The average Bonchev–Trinajstić information content (AvgIpc) is 2.64. The van der Waals surface area contributed by atoms with Gasteiger partial charge in [0.15, 0.2) is 0 Å². The first-order valence-corrected chi connectivity index (χ1v) is 6.29. The lowest BCUT2D eigenvalue weighted by atomic mass is 9.94. The molecule has 0 aliphatic carbocycles. The van der Waals surface area contributed by atoms with Crippen molar-refractivity contribution in [1.82, 2.24) is 5.32 Å². The highest BCUT2D eigenvalue weighted by atomic mass is 16.5. The molecule has 4 heteroatoms. The predicted molar refractivity (Wildman–Crippen MR) is 60.4 cm³/mol. The van der Waals surface area contributed by atoms with Crippen molar-refractivity contribution in [2.75, 3.05) is 0 Å². The van der Waals surface area contributed by atoms with Crippen LogP contribution in [0.25, 0.3) is 0 Å². The highest BCUT2D eigenvalue weighted by Crippen LogP contribution is 2.25. The fraction of sp³-hybridized carbons (Fsp3) is 0.917. The van der Waals surface area contributed by atoms with E-state index in [9.17, 15) is 4.79 Å². The summed E-state index contributed by atoms with van der Waals surface area (Å²) in [5.74, 6) is -0.717. The monoisotopic (exact) mass is 227 g/mol. The molecule has 0 aromatic carbocycles. The molecule has 4 unspecified atom stereocenters. The summed E-state index contributed by atoms with van der Waals surface area (Å²) in [5.41, 5.74) is 0. The quantitative estimate of drug-likeness (QED) is 0.768. The minimum atomic E-state index is -0.717. The first-order valence-electron chi connectivity index (χ1n) is 6.29. The van der Waals surface area contributed by atoms with E-state index in [1.165, 1.54) is 0 Å². The zero-order chi connectivity index (χ0) is 11.5. The molecular formula is C12H21NO3. The third kappa shape index (κ3) is 2.95. The number of carbonyl (C=O) groups is 1. The van der Waals surface area contributed by atoms with Crippen molar-refractivity contribution in [3.63, 3.8) is 0 Å². The molecule has 0 amide bonds. The Balaban J connectivity index is 1.79. The lowest BCUT2D eigenvalue weighted by Crippen LogP contribution is -2.47. The van der Waals surface area contributed by atoms with Crippen molar-refractivity contribution in [3.05, 3.63) is 0 Å². The number of rotatable bonds is 3. The molecule has 2 rings (SSSR count). The molecule has 4 nitrogen and oxygen atoms in total. The summed E-state index contributed by atoms with van der Waals surface area (Å²) in [5, 5.41) is 12.2. The molecule has 0 aromatic rings. The molecule has 4 atom stereocenters. The average molecular weight is 227 g/mol. The Morgan fingerprint density at radius 3 is 2.81 bits per heavy atom. The Labute approximate surface area is 96.4 Å². The number of carboxylic acids is 1. The summed E-state index contributed by atoms with van der Waals surface area (Å²) in [6, 6.07) is -0.0253. The second-order valence-corrected chi connectivity index (χ2v) is 5.07. The molecule has 0 saturated carbocycles. The lowest BCUT2D eigenvalue weighted by molar-refractivity contribution is -0.140. The van der Waals surface area contributed by atoms with Gasteiger partial charge in [-0.3, -0.25) is 4.79 Å². The maximum Gasteiger partial charge on any atom is 0.320 e. The highest BCUT2D eigenvalue weighted by Gasteiger charge is 2.30. The van der Waals surface area contributed by atoms with Gasteiger partial charge in [-0.2, -0.15) is 0 Å². The number of nitrogens with one attached hydrogen (secondary N) is 1. The Bertz CT molecular complexity index is 257. The van der Waals surface area contributed by atoms with Crippen LogP contribution in [0.5, 0.6) is 0 Å². The topological polar surface area (TPSA) is 58.6 Å². The Hall–Kier alpha value is -0.610. The van der Waals surface area contributed by atoms with E-state index in [1.807, 2.05) is 0 Å². The number of piperidine rings is 1. The molecule has 0 aromatic heterocycles. The molecular weight excluding hydrogens is 206 g/mol. The van der Waals surface area contributed by atoms with Gasteiger partial charge in [-0.05, 0) is 45.4 Å². The van der Waals surface area contributed by atoms with Gasteiger partial charge in [-0.25, -0.2) is 0 Å². The smallest absolute Gasteiger partial charge is 0.320 e. The SMILES string of the molecule is CC1CCC(CC2CCCC(C(=O)O)N2)O1. The van der Waals surface area contributed by atoms with Gasteiger partial charge in [-0.15, -0.1) is 0 Å². The van der Waals surface area contributed by atoms with E-state index < -0.39 is 5.97 Å². The zero-order valence-electron chi connectivity index (χ0n) is 9.82. The van der Waals surface area contributed by atoms with E-state index >= 15 is 0 Å². The van der Waals surface area contributed by atoms with Crippen LogP contribution in [-0.4, -0.2) is 35.4 Å². The number of carboxylic acid groups (broad SMARTS) is 1. The van der Waals surface area contributed by atoms with Crippen molar-refractivity contribution < 1.29 is 14.6 Å². The van der Waals surface area contributed by atoms with Crippen LogP contribution in [0.1, 0.15) is 45.4 Å². The van der Waals surface area contributed by atoms with Crippen LogP contribution in [0, 0.1) is 0 Å². The highest BCUT2D eigenvalue weighted by molar-refractivity contribution is 5.73. The standard InChI is InChI=1S/C12H21NO3/c1-8-5-6-10(16-8)7-9-3-2-4-11(13-9)12(14)15/h8-11,13H,2-7H2,1H3,(H,14,15). The predicted octanol–water partition coefficient (Wildman–Crippen LogP) is 1.54. The lowest BCUT2D eigenvalue weighted by Gasteiger charge is -2.30. The molecule has 0 bridgehead atoms. The number of aliphatic carboxylic acids is 1. The molecule has 2 saturated heterocycles. The maximum absolute atomic E-state index is 10.9. The summed E-state index contributed by atoms with van der Waals surface area (Å²) >= 11 is 0. The molecule has 0 spiro atoms. The van der Waals surface area contributed by atoms with Gasteiger partial charge in [0.05, 0.1) is 12.2 Å². The number of hydrogen-bond donors (Lipinski definition) is 2. The minimum absolute atomic E-state index is 0.324. The van der Waals surface area contributed by atoms with E-state index in [1.54, 1.807) is 0 Å². The van der Waals surface area contributed by atoms with Crippen molar-refractivity contribution in [1.29, 1.82) is 0 Å². The minimum Gasteiger partial charge on any atom is -0.480 e. The molecule has 2 heterocycles. The summed E-state index contributed by atoms with van der Waals surface area (Å²) in [7, 11) is 0. The molecule has 0 radical (unpaired) electrons. The van der Waals surface area contributed by atoms with E-state index in [0.717, 1.165) is 38.5 Å². The van der Waals surface area contributed by atoms with Gasteiger partial charge in [0.1, 0.15) is 6.04 Å². The number of ether oxygens (including phenoxy) is 1.